The first-order valence-electron chi connectivity index (χ1n) is 6.80. The van der Waals surface area contributed by atoms with E-state index in [2.05, 4.69) is 37.9 Å². The molecule has 0 aromatic heterocycles. The quantitative estimate of drug-likeness (QED) is 0.581. The van der Waals surface area contributed by atoms with Crippen molar-refractivity contribution in [1.29, 1.82) is 0 Å². The van der Waals surface area contributed by atoms with Crippen LogP contribution in [-0.2, 0) is 0 Å². The summed E-state index contributed by atoms with van der Waals surface area (Å²) in [4.78, 5) is 0. The van der Waals surface area contributed by atoms with Crippen LogP contribution in [0.1, 0.15) is 53.4 Å². The molecule has 2 nitrogen and oxygen atoms in total. The topological polar surface area (TPSA) is 38.0 Å². The van der Waals surface area contributed by atoms with Crippen molar-refractivity contribution in [3.8, 4) is 11.8 Å². The van der Waals surface area contributed by atoms with Gasteiger partial charge >= 0.3 is 0 Å². The van der Waals surface area contributed by atoms with Crippen LogP contribution in [0.2, 0.25) is 0 Å². The Kier molecular flexibility index (Phi) is 5.04. The van der Waals surface area contributed by atoms with Gasteiger partial charge in [-0.15, -0.1) is 11.8 Å². The summed E-state index contributed by atoms with van der Waals surface area (Å²) in [6.45, 7) is 10.7. The third-order valence-electron chi connectivity index (χ3n) is 4.32. The van der Waals surface area contributed by atoms with Crippen LogP contribution < -0.4 is 11.1 Å². The molecular weight excluding hydrogens is 208 g/mol. The fourth-order valence-electron chi connectivity index (χ4n) is 3.07. The van der Waals surface area contributed by atoms with E-state index in [-0.39, 0.29) is 5.54 Å². The van der Waals surface area contributed by atoms with Crippen molar-refractivity contribution in [2.24, 2.45) is 17.1 Å². The van der Waals surface area contributed by atoms with Gasteiger partial charge < -0.3 is 11.1 Å². The van der Waals surface area contributed by atoms with Gasteiger partial charge in [-0.2, -0.15) is 0 Å². The Morgan fingerprint density at radius 3 is 2.59 bits per heavy atom. The smallest absolute Gasteiger partial charge is 0.0330 e. The number of nitrogens with two attached hydrogens (primary N) is 1. The van der Waals surface area contributed by atoms with E-state index in [9.17, 15) is 0 Å². The maximum atomic E-state index is 6.03. The van der Waals surface area contributed by atoms with Crippen LogP contribution in [-0.4, -0.2) is 18.6 Å². The summed E-state index contributed by atoms with van der Waals surface area (Å²) in [6, 6.07) is 0. The average Bonchev–Trinajstić information content (AvgIpc) is 2.27. The predicted molar refractivity (Wildman–Crippen MR) is 74.7 cm³/mol. The minimum Gasteiger partial charge on any atom is -0.329 e. The molecule has 17 heavy (non-hydrogen) atoms. The van der Waals surface area contributed by atoms with Crippen molar-refractivity contribution in [2.75, 3.05) is 13.1 Å². The zero-order valence-electron chi connectivity index (χ0n) is 11.9. The molecule has 3 N–H and O–H groups in total. The first kappa shape index (κ1) is 14.5. The Morgan fingerprint density at radius 2 is 2.06 bits per heavy atom. The SMILES string of the molecule is CC#CCCNC1(CN)CCC(C)(C)CC1C. The fourth-order valence-corrected chi connectivity index (χ4v) is 3.07. The van der Waals surface area contributed by atoms with Gasteiger partial charge in [-0.1, -0.05) is 20.8 Å². The van der Waals surface area contributed by atoms with Crippen LogP contribution in [0.3, 0.4) is 0 Å². The van der Waals surface area contributed by atoms with Crippen LogP contribution in [0.4, 0.5) is 0 Å². The van der Waals surface area contributed by atoms with E-state index in [1.165, 1.54) is 19.3 Å². The standard InChI is InChI=1S/C15H28N2/c1-5-6-7-10-17-15(12-16)9-8-14(3,4)11-13(15)2/h13,17H,7-12,16H2,1-4H3. The largest absolute Gasteiger partial charge is 0.329 e. The number of nitrogens with one attached hydrogen (secondary N) is 1. The van der Waals surface area contributed by atoms with Crippen LogP contribution in [0.15, 0.2) is 0 Å². The lowest BCUT2D eigenvalue weighted by atomic mass is 9.64. The summed E-state index contributed by atoms with van der Waals surface area (Å²) in [5.74, 6) is 6.69. The highest BCUT2D eigenvalue weighted by molar-refractivity contribution is 5.02. The molecule has 0 heterocycles. The third kappa shape index (κ3) is 3.72. The van der Waals surface area contributed by atoms with E-state index in [0.29, 0.717) is 11.3 Å². The molecule has 1 saturated carbocycles. The second-order valence-corrected chi connectivity index (χ2v) is 6.23. The van der Waals surface area contributed by atoms with Crippen LogP contribution in [0, 0.1) is 23.2 Å². The molecule has 1 aliphatic carbocycles. The highest BCUT2D eigenvalue weighted by Gasteiger charge is 2.42. The van der Waals surface area contributed by atoms with E-state index in [4.69, 9.17) is 5.73 Å². The zero-order chi connectivity index (χ0) is 12.9. The molecule has 0 spiro atoms. The molecule has 0 aromatic carbocycles. The lowest BCUT2D eigenvalue weighted by Crippen LogP contribution is -2.59. The molecule has 98 valence electrons. The molecule has 0 radical (unpaired) electrons. The van der Waals surface area contributed by atoms with Gasteiger partial charge in [-0.05, 0) is 37.5 Å². The Morgan fingerprint density at radius 1 is 1.35 bits per heavy atom. The number of hydrogen-bond acceptors (Lipinski definition) is 2. The van der Waals surface area contributed by atoms with Crippen molar-refractivity contribution in [3.05, 3.63) is 0 Å². The van der Waals surface area contributed by atoms with Gasteiger partial charge in [-0.3, -0.25) is 0 Å². The van der Waals surface area contributed by atoms with Gasteiger partial charge in [0, 0.05) is 25.0 Å². The van der Waals surface area contributed by atoms with Crippen LogP contribution in [0.25, 0.3) is 0 Å². The Hall–Kier alpha value is -0.520. The molecule has 2 unspecified atom stereocenters. The van der Waals surface area contributed by atoms with Gasteiger partial charge in [0.2, 0.25) is 0 Å². The summed E-state index contributed by atoms with van der Waals surface area (Å²) < 4.78 is 0. The first-order valence-corrected chi connectivity index (χ1v) is 6.80. The molecule has 2 atom stereocenters. The molecule has 2 heteroatoms. The van der Waals surface area contributed by atoms with Gasteiger partial charge in [0.15, 0.2) is 0 Å². The summed E-state index contributed by atoms with van der Waals surface area (Å²) >= 11 is 0. The molecule has 0 aliphatic heterocycles. The monoisotopic (exact) mass is 236 g/mol. The fraction of sp³-hybridized carbons (Fsp3) is 0.867. The van der Waals surface area contributed by atoms with Crippen molar-refractivity contribution in [2.45, 2.75) is 58.9 Å². The van der Waals surface area contributed by atoms with Crippen molar-refractivity contribution < 1.29 is 0 Å². The van der Waals surface area contributed by atoms with Crippen molar-refractivity contribution in [3.63, 3.8) is 0 Å². The maximum absolute atomic E-state index is 6.03. The van der Waals surface area contributed by atoms with Gasteiger partial charge in [0.1, 0.15) is 0 Å². The number of rotatable bonds is 4. The summed E-state index contributed by atoms with van der Waals surface area (Å²) in [5, 5.41) is 3.68. The van der Waals surface area contributed by atoms with Crippen molar-refractivity contribution in [1.82, 2.24) is 5.32 Å². The van der Waals surface area contributed by atoms with Gasteiger partial charge in [0.05, 0.1) is 0 Å². The average molecular weight is 236 g/mol. The molecular formula is C15H28N2. The Balaban J connectivity index is 2.58. The summed E-state index contributed by atoms with van der Waals surface area (Å²) in [5.41, 5.74) is 6.65. The second kappa shape index (κ2) is 5.89. The predicted octanol–water partition coefficient (Wildman–Crippen LogP) is 2.53. The van der Waals surface area contributed by atoms with E-state index in [0.717, 1.165) is 19.5 Å². The minimum atomic E-state index is 0.144. The van der Waals surface area contributed by atoms with E-state index in [1.807, 2.05) is 6.92 Å². The Labute approximate surface area is 107 Å². The molecule has 0 aromatic rings. The third-order valence-corrected chi connectivity index (χ3v) is 4.32. The molecule has 1 fully saturated rings. The zero-order valence-corrected chi connectivity index (χ0v) is 11.9. The van der Waals surface area contributed by atoms with Crippen LogP contribution >= 0.6 is 0 Å². The Bertz CT molecular complexity index is 298. The van der Waals surface area contributed by atoms with E-state index >= 15 is 0 Å². The van der Waals surface area contributed by atoms with Gasteiger partial charge in [-0.25, -0.2) is 0 Å². The normalized spacial score (nSPS) is 31.7. The lowest BCUT2D eigenvalue weighted by molar-refractivity contribution is 0.0798. The van der Waals surface area contributed by atoms with E-state index < -0.39 is 0 Å². The van der Waals surface area contributed by atoms with Gasteiger partial charge in [0.25, 0.3) is 0 Å². The molecule has 0 amide bonds. The summed E-state index contributed by atoms with van der Waals surface area (Å²) in [6.07, 6.45) is 4.64. The number of hydrogen-bond donors (Lipinski definition) is 2. The van der Waals surface area contributed by atoms with E-state index in [1.54, 1.807) is 0 Å². The highest BCUT2D eigenvalue weighted by Crippen LogP contribution is 2.43. The highest BCUT2D eigenvalue weighted by atomic mass is 15.0. The molecule has 1 rings (SSSR count). The maximum Gasteiger partial charge on any atom is 0.0330 e. The lowest BCUT2D eigenvalue weighted by Gasteiger charge is -2.48. The second-order valence-electron chi connectivity index (χ2n) is 6.23. The first-order chi connectivity index (χ1) is 7.96. The molecule has 1 aliphatic rings. The van der Waals surface area contributed by atoms with Crippen molar-refractivity contribution >= 4 is 0 Å². The minimum absolute atomic E-state index is 0.144. The van der Waals surface area contributed by atoms with Crippen LogP contribution in [0.5, 0.6) is 0 Å². The molecule has 0 saturated heterocycles. The summed E-state index contributed by atoms with van der Waals surface area (Å²) in [7, 11) is 0. The molecule has 0 bridgehead atoms.